The van der Waals surface area contributed by atoms with Gasteiger partial charge >= 0.3 is 6.36 Å². The predicted octanol–water partition coefficient (Wildman–Crippen LogP) is 7.44. The monoisotopic (exact) mass is 491 g/mol. The Bertz CT molecular complexity index is 1140. The average Bonchev–Trinajstić information content (AvgIpc) is 3.10. The summed E-state index contributed by atoms with van der Waals surface area (Å²) in [5, 5.41) is 3.31. The predicted molar refractivity (Wildman–Crippen MR) is 129 cm³/mol. The van der Waals surface area contributed by atoms with Crippen LogP contribution in [0.1, 0.15) is 53.0 Å². The smallest absolute Gasteiger partial charge is 0.467 e. The maximum atomic E-state index is 12.5. The van der Waals surface area contributed by atoms with Crippen molar-refractivity contribution >= 4 is 22.7 Å². The number of nitrogens with zero attached hydrogens (tertiary/aromatic N) is 2. The second kappa shape index (κ2) is 9.97. The number of alkyl halides is 3. The molecule has 2 unspecified atom stereocenters. The van der Waals surface area contributed by atoms with Gasteiger partial charge in [-0.3, -0.25) is 0 Å². The molecule has 6 nitrogen and oxygen atoms in total. The van der Waals surface area contributed by atoms with Gasteiger partial charge in [-0.15, -0.1) is 13.2 Å². The largest absolute Gasteiger partial charge is 0.573 e. The van der Waals surface area contributed by atoms with Crippen molar-refractivity contribution < 1.29 is 27.4 Å². The molecule has 1 saturated carbocycles. The normalized spacial score (nSPS) is 20.1. The Morgan fingerprint density at radius 1 is 1.09 bits per heavy atom. The highest BCUT2D eigenvalue weighted by molar-refractivity contribution is 5.81. The van der Waals surface area contributed by atoms with E-state index in [0.717, 1.165) is 30.3 Å². The van der Waals surface area contributed by atoms with Crippen LogP contribution in [0.5, 0.6) is 11.5 Å². The van der Waals surface area contributed by atoms with Crippen molar-refractivity contribution in [3.05, 3.63) is 42.5 Å². The summed E-state index contributed by atoms with van der Waals surface area (Å²) in [6, 6.07) is 11.6. The number of imidazole rings is 1. The van der Waals surface area contributed by atoms with Crippen LogP contribution in [0.25, 0.3) is 11.0 Å². The zero-order chi connectivity index (χ0) is 25.2. The lowest BCUT2D eigenvalue weighted by Crippen LogP contribution is -2.29. The number of hydrogen-bond donors (Lipinski definition) is 1. The molecule has 2 aromatic carbocycles. The lowest BCUT2D eigenvalue weighted by atomic mass is 9.70. The second-order valence-electron chi connectivity index (χ2n) is 9.98. The van der Waals surface area contributed by atoms with Gasteiger partial charge in [0.2, 0.25) is 5.95 Å². The number of fused-ring (bicyclic) bond motifs is 1. The molecule has 4 rings (SSSR count). The van der Waals surface area contributed by atoms with E-state index in [1.54, 1.807) is 12.1 Å². The molecule has 1 aliphatic rings. The van der Waals surface area contributed by atoms with Gasteiger partial charge in [0, 0.05) is 24.4 Å². The van der Waals surface area contributed by atoms with Crippen LogP contribution in [0.15, 0.2) is 42.5 Å². The Morgan fingerprint density at radius 3 is 2.46 bits per heavy atom. The summed E-state index contributed by atoms with van der Waals surface area (Å²) in [5.74, 6) is 1.61. The Balaban J connectivity index is 1.69. The second-order valence-corrected chi connectivity index (χ2v) is 9.98. The van der Waals surface area contributed by atoms with E-state index in [2.05, 4.69) is 35.4 Å². The molecular formula is C26H32F3N3O3. The molecule has 0 amide bonds. The number of halogens is 3. The fourth-order valence-corrected chi connectivity index (χ4v) is 5.17. The summed E-state index contributed by atoms with van der Waals surface area (Å²) < 4.78 is 54.8. The SMILES string of the molecule is CCOCOc1ccc2nc(Nc3ccc(OC(F)(F)F)cc3)n(C3CC(C)CC(C)(C)C3)c2c1. The highest BCUT2D eigenvalue weighted by Gasteiger charge is 2.35. The third-order valence-electron chi connectivity index (χ3n) is 6.25. The van der Waals surface area contributed by atoms with Crippen LogP contribution in [0, 0.1) is 11.3 Å². The third-order valence-corrected chi connectivity index (χ3v) is 6.25. The van der Waals surface area contributed by atoms with Gasteiger partial charge in [-0.2, -0.15) is 0 Å². The average molecular weight is 492 g/mol. The van der Waals surface area contributed by atoms with E-state index in [1.165, 1.54) is 12.1 Å². The van der Waals surface area contributed by atoms with Gasteiger partial charge in [-0.05, 0) is 73.9 Å². The minimum Gasteiger partial charge on any atom is -0.467 e. The number of anilines is 2. The number of hydrogen-bond acceptors (Lipinski definition) is 5. The molecule has 0 spiro atoms. The van der Waals surface area contributed by atoms with Crippen molar-refractivity contribution in [1.29, 1.82) is 0 Å². The van der Waals surface area contributed by atoms with Gasteiger partial charge in [-0.25, -0.2) is 4.98 Å². The van der Waals surface area contributed by atoms with Crippen LogP contribution < -0.4 is 14.8 Å². The summed E-state index contributed by atoms with van der Waals surface area (Å²) in [6.45, 7) is 9.50. The summed E-state index contributed by atoms with van der Waals surface area (Å²) in [5.41, 5.74) is 2.54. The van der Waals surface area contributed by atoms with Crippen LogP contribution in [0.4, 0.5) is 24.8 Å². The molecule has 1 fully saturated rings. The lowest BCUT2D eigenvalue weighted by molar-refractivity contribution is -0.274. The van der Waals surface area contributed by atoms with E-state index in [4.69, 9.17) is 14.5 Å². The molecule has 190 valence electrons. The molecule has 9 heteroatoms. The Hall–Kier alpha value is -2.94. The molecule has 0 bridgehead atoms. The minimum absolute atomic E-state index is 0.168. The van der Waals surface area contributed by atoms with Gasteiger partial charge in [-0.1, -0.05) is 20.8 Å². The van der Waals surface area contributed by atoms with E-state index in [1.807, 2.05) is 25.1 Å². The van der Waals surface area contributed by atoms with Gasteiger partial charge in [0.05, 0.1) is 11.0 Å². The molecule has 2 atom stereocenters. The first-order valence-electron chi connectivity index (χ1n) is 11.9. The van der Waals surface area contributed by atoms with Crippen molar-refractivity contribution in [3.63, 3.8) is 0 Å². The molecule has 1 N–H and O–H groups in total. The first kappa shape index (κ1) is 25.2. The number of aromatic nitrogens is 2. The maximum absolute atomic E-state index is 12.5. The molecule has 1 aromatic heterocycles. The zero-order valence-corrected chi connectivity index (χ0v) is 20.5. The highest BCUT2D eigenvalue weighted by atomic mass is 19.4. The Kier molecular flexibility index (Phi) is 7.17. The molecule has 1 aliphatic carbocycles. The first-order valence-corrected chi connectivity index (χ1v) is 11.9. The molecule has 0 radical (unpaired) electrons. The van der Waals surface area contributed by atoms with Crippen LogP contribution in [-0.2, 0) is 4.74 Å². The van der Waals surface area contributed by atoms with Gasteiger partial charge in [0.1, 0.15) is 11.5 Å². The molecule has 3 aromatic rings. The lowest BCUT2D eigenvalue weighted by Gasteiger charge is -2.40. The highest BCUT2D eigenvalue weighted by Crippen LogP contribution is 2.46. The molecule has 1 heterocycles. The van der Waals surface area contributed by atoms with Crippen LogP contribution in [0.3, 0.4) is 0 Å². The van der Waals surface area contributed by atoms with Crippen LogP contribution in [0.2, 0.25) is 0 Å². The van der Waals surface area contributed by atoms with Crippen molar-refractivity contribution in [3.8, 4) is 11.5 Å². The van der Waals surface area contributed by atoms with E-state index < -0.39 is 6.36 Å². The third kappa shape index (κ3) is 6.39. The van der Waals surface area contributed by atoms with Gasteiger partial charge in [0.25, 0.3) is 0 Å². The molecule has 35 heavy (non-hydrogen) atoms. The van der Waals surface area contributed by atoms with Crippen molar-refractivity contribution in [1.82, 2.24) is 9.55 Å². The van der Waals surface area contributed by atoms with E-state index >= 15 is 0 Å². The summed E-state index contributed by atoms with van der Waals surface area (Å²) >= 11 is 0. The minimum atomic E-state index is -4.73. The number of rotatable bonds is 8. The molecule has 0 saturated heterocycles. The standard InChI is InChI=1S/C26H32F3N3O3/c1-5-33-16-34-21-10-11-22-23(13-21)32(19-12-17(2)14-25(3,4)15-19)24(31-22)30-18-6-8-20(9-7-18)35-26(27,28)29/h6-11,13,17,19H,5,12,14-16H2,1-4H3,(H,30,31). The molecule has 0 aliphatic heterocycles. The summed E-state index contributed by atoms with van der Waals surface area (Å²) in [7, 11) is 0. The van der Waals surface area contributed by atoms with Crippen molar-refractivity contribution in [2.75, 3.05) is 18.7 Å². The first-order chi connectivity index (χ1) is 16.5. The van der Waals surface area contributed by atoms with Crippen molar-refractivity contribution in [2.45, 2.75) is 59.4 Å². The summed E-state index contributed by atoms with van der Waals surface area (Å²) in [6.07, 6.45) is -1.58. The quantitative estimate of drug-likeness (QED) is 0.262. The Labute approximate surface area is 203 Å². The summed E-state index contributed by atoms with van der Waals surface area (Å²) in [4.78, 5) is 4.83. The fourth-order valence-electron chi connectivity index (χ4n) is 5.17. The zero-order valence-electron chi connectivity index (χ0n) is 20.5. The topological polar surface area (TPSA) is 57.5 Å². The van der Waals surface area contributed by atoms with E-state index in [9.17, 15) is 13.2 Å². The van der Waals surface area contributed by atoms with Gasteiger partial charge < -0.3 is 24.1 Å². The maximum Gasteiger partial charge on any atom is 0.573 e. The molecular weight excluding hydrogens is 459 g/mol. The van der Waals surface area contributed by atoms with Gasteiger partial charge in [0.15, 0.2) is 6.79 Å². The van der Waals surface area contributed by atoms with Crippen LogP contribution in [-0.4, -0.2) is 29.3 Å². The number of ether oxygens (including phenoxy) is 3. The van der Waals surface area contributed by atoms with Crippen molar-refractivity contribution in [2.24, 2.45) is 11.3 Å². The van der Waals surface area contributed by atoms with Crippen LogP contribution >= 0.6 is 0 Å². The number of benzene rings is 2. The number of nitrogens with one attached hydrogen (secondary N) is 1. The Morgan fingerprint density at radius 2 is 1.80 bits per heavy atom. The fraction of sp³-hybridized carbons (Fsp3) is 0.500. The van der Waals surface area contributed by atoms with E-state index in [0.29, 0.717) is 29.9 Å². The van der Waals surface area contributed by atoms with E-state index in [-0.39, 0.29) is 24.0 Å².